The molecule has 5 rings (SSSR count). The minimum Gasteiger partial charge on any atom is -0.434 e. The highest BCUT2D eigenvalue weighted by atomic mass is 35.5. The molecule has 39 heavy (non-hydrogen) atoms. The van der Waals surface area contributed by atoms with Crippen molar-refractivity contribution >= 4 is 64.1 Å². The summed E-state index contributed by atoms with van der Waals surface area (Å²) in [7, 11) is 0. The first-order chi connectivity index (χ1) is 18.9. The number of amides is 1. The Labute approximate surface area is 245 Å². The normalized spacial score (nSPS) is 19.6. The molecule has 0 saturated carbocycles. The third-order valence-corrected chi connectivity index (χ3v) is 9.35. The molecule has 1 unspecified atom stereocenters. The number of rotatable bonds is 7. The largest absolute Gasteiger partial charge is 0.513 e. The SMILES string of the molecule is CCOC(=O)OC1=C(Sc2cccc(Cl)c2Cl)C(=O)NC(c2ccc(N3CCOCC3)cc2)(c2ccsc2)C1. The third-order valence-electron chi connectivity index (χ3n) is 6.56. The van der Waals surface area contributed by atoms with Crippen LogP contribution >= 0.6 is 46.3 Å². The number of nitrogens with one attached hydrogen (secondary N) is 1. The van der Waals surface area contributed by atoms with Crippen LogP contribution in [0, 0.1) is 0 Å². The zero-order valence-electron chi connectivity index (χ0n) is 21.1. The maximum Gasteiger partial charge on any atom is 0.513 e. The van der Waals surface area contributed by atoms with E-state index < -0.39 is 17.6 Å². The summed E-state index contributed by atoms with van der Waals surface area (Å²) in [4.78, 5) is 29.4. The van der Waals surface area contributed by atoms with Crippen LogP contribution in [0.1, 0.15) is 24.5 Å². The van der Waals surface area contributed by atoms with Crippen molar-refractivity contribution in [3.05, 3.63) is 91.1 Å². The standard InChI is InChI=1S/C28H26Cl2N2O5S2/c1-2-36-27(34)37-22-16-28(19-10-15-38-17-19,18-6-8-20(9-7-18)32-11-13-35-14-12-32)31-26(33)25(22)39-23-5-3-4-21(29)24(23)30/h3-10,15,17H,2,11-14,16H2,1H3,(H,31,33). The first kappa shape index (κ1) is 27.9. The van der Waals surface area contributed by atoms with Crippen LogP contribution in [0.2, 0.25) is 10.0 Å². The number of morpholine rings is 1. The number of nitrogens with zero attached hydrogens (tertiary/aromatic N) is 1. The van der Waals surface area contributed by atoms with E-state index in [-0.39, 0.29) is 23.7 Å². The molecular weight excluding hydrogens is 579 g/mol. The van der Waals surface area contributed by atoms with Crippen molar-refractivity contribution in [3.8, 4) is 0 Å². The lowest BCUT2D eigenvalue weighted by Crippen LogP contribution is -2.50. The van der Waals surface area contributed by atoms with Gasteiger partial charge in [-0.15, -0.1) is 0 Å². The van der Waals surface area contributed by atoms with Crippen LogP contribution < -0.4 is 10.2 Å². The van der Waals surface area contributed by atoms with Crippen molar-refractivity contribution < 1.29 is 23.8 Å². The molecule has 1 fully saturated rings. The fourth-order valence-electron chi connectivity index (χ4n) is 4.65. The Balaban J connectivity index is 1.56. The topological polar surface area (TPSA) is 77.1 Å². The lowest BCUT2D eigenvalue weighted by molar-refractivity contribution is -0.119. The van der Waals surface area contributed by atoms with Gasteiger partial charge in [0.15, 0.2) is 0 Å². The number of halogens is 2. The molecule has 0 spiro atoms. The molecule has 0 bridgehead atoms. The Morgan fingerprint density at radius 1 is 1.13 bits per heavy atom. The van der Waals surface area contributed by atoms with Crippen molar-refractivity contribution in [1.29, 1.82) is 0 Å². The average molecular weight is 606 g/mol. The van der Waals surface area contributed by atoms with Gasteiger partial charge in [0.2, 0.25) is 0 Å². The predicted molar refractivity (Wildman–Crippen MR) is 155 cm³/mol. The molecule has 0 radical (unpaired) electrons. The van der Waals surface area contributed by atoms with Crippen molar-refractivity contribution in [2.24, 2.45) is 0 Å². The number of carbonyl (C=O) groups is 2. The zero-order chi connectivity index (χ0) is 27.4. The van der Waals surface area contributed by atoms with Crippen molar-refractivity contribution in [2.75, 3.05) is 37.8 Å². The van der Waals surface area contributed by atoms with Gasteiger partial charge in [-0.3, -0.25) is 4.79 Å². The van der Waals surface area contributed by atoms with Gasteiger partial charge in [0.25, 0.3) is 5.91 Å². The summed E-state index contributed by atoms with van der Waals surface area (Å²) < 4.78 is 16.2. The molecule has 7 nitrogen and oxygen atoms in total. The molecule has 1 aromatic heterocycles. The molecule has 0 aliphatic carbocycles. The Morgan fingerprint density at radius 2 is 1.90 bits per heavy atom. The van der Waals surface area contributed by atoms with Gasteiger partial charge >= 0.3 is 6.16 Å². The smallest absolute Gasteiger partial charge is 0.434 e. The second-order valence-electron chi connectivity index (χ2n) is 8.89. The van der Waals surface area contributed by atoms with Crippen LogP contribution in [0.4, 0.5) is 10.5 Å². The van der Waals surface area contributed by atoms with Gasteiger partial charge in [-0.2, -0.15) is 11.3 Å². The Kier molecular flexibility index (Phi) is 8.73. The van der Waals surface area contributed by atoms with Gasteiger partial charge in [-0.1, -0.05) is 53.2 Å². The molecule has 2 aromatic carbocycles. The van der Waals surface area contributed by atoms with Crippen LogP contribution in [0.15, 0.2) is 74.9 Å². The van der Waals surface area contributed by atoms with Crippen LogP contribution in [0.5, 0.6) is 0 Å². The van der Waals surface area contributed by atoms with E-state index in [0.29, 0.717) is 28.2 Å². The predicted octanol–water partition coefficient (Wildman–Crippen LogP) is 6.83. The summed E-state index contributed by atoms with van der Waals surface area (Å²) in [6.07, 6.45) is -0.689. The fourth-order valence-corrected chi connectivity index (χ4v) is 6.79. The first-order valence-corrected chi connectivity index (χ1v) is 14.9. The van der Waals surface area contributed by atoms with E-state index in [9.17, 15) is 9.59 Å². The molecule has 1 N–H and O–H groups in total. The second kappa shape index (κ2) is 12.2. The van der Waals surface area contributed by atoms with E-state index in [0.717, 1.165) is 41.7 Å². The number of hydrogen-bond donors (Lipinski definition) is 1. The van der Waals surface area contributed by atoms with E-state index in [1.165, 1.54) is 11.3 Å². The number of benzene rings is 2. The highest BCUT2D eigenvalue weighted by molar-refractivity contribution is 8.04. The minimum atomic E-state index is -0.968. The zero-order valence-corrected chi connectivity index (χ0v) is 24.2. The average Bonchev–Trinajstić information content (AvgIpc) is 3.49. The summed E-state index contributed by atoms with van der Waals surface area (Å²) in [6.45, 7) is 4.84. The number of anilines is 1. The van der Waals surface area contributed by atoms with Crippen molar-refractivity contribution in [3.63, 3.8) is 0 Å². The fraction of sp³-hybridized carbons (Fsp3) is 0.286. The molecule has 11 heteroatoms. The van der Waals surface area contributed by atoms with E-state index in [2.05, 4.69) is 10.2 Å². The van der Waals surface area contributed by atoms with Gasteiger partial charge in [-0.05, 0) is 59.1 Å². The van der Waals surface area contributed by atoms with Gasteiger partial charge < -0.3 is 24.4 Å². The molecule has 1 amide bonds. The number of ether oxygens (including phenoxy) is 3. The molecule has 204 valence electrons. The lowest BCUT2D eigenvalue weighted by atomic mass is 9.79. The van der Waals surface area contributed by atoms with E-state index in [1.54, 1.807) is 25.1 Å². The summed E-state index contributed by atoms with van der Waals surface area (Å²) in [5.74, 6) is -0.202. The molecule has 1 atom stereocenters. The monoisotopic (exact) mass is 604 g/mol. The quantitative estimate of drug-likeness (QED) is 0.296. The van der Waals surface area contributed by atoms with Crippen LogP contribution in [-0.2, 0) is 24.5 Å². The third kappa shape index (κ3) is 5.93. The Bertz CT molecular complexity index is 1380. The van der Waals surface area contributed by atoms with E-state index >= 15 is 0 Å². The van der Waals surface area contributed by atoms with Crippen molar-refractivity contribution in [2.45, 2.75) is 23.8 Å². The number of hydrogen-bond acceptors (Lipinski definition) is 8. The Hall–Kier alpha value is -2.69. The molecule has 3 heterocycles. The van der Waals surface area contributed by atoms with Crippen LogP contribution in [-0.4, -0.2) is 45.0 Å². The molecular formula is C28H26Cl2N2O5S2. The molecule has 3 aromatic rings. The number of thioether (sulfide) groups is 1. The molecule has 1 saturated heterocycles. The van der Waals surface area contributed by atoms with Crippen LogP contribution in [0.3, 0.4) is 0 Å². The van der Waals surface area contributed by atoms with Crippen molar-refractivity contribution in [1.82, 2.24) is 5.32 Å². The first-order valence-electron chi connectivity index (χ1n) is 12.4. The summed E-state index contributed by atoms with van der Waals surface area (Å²) in [6, 6.07) is 15.3. The summed E-state index contributed by atoms with van der Waals surface area (Å²) >= 11 is 15.3. The highest BCUT2D eigenvalue weighted by Crippen LogP contribution is 2.46. The van der Waals surface area contributed by atoms with Gasteiger partial charge in [0, 0.05) is 30.1 Å². The highest BCUT2D eigenvalue weighted by Gasteiger charge is 2.44. The maximum atomic E-state index is 13.8. The van der Waals surface area contributed by atoms with Crippen LogP contribution in [0.25, 0.3) is 0 Å². The maximum absolute atomic E-state index is 13.8. The molecule has 2 aliphatic heterocycles. The van der Waals surface area contributed by atoms with Gasteiger partial charge in [-0.25, -0.2) is 4.79 Å². The van der Waals surface area contributed by atoms with E-state index in [4.69, 9.17) is 37.4 Å². The second-order valence-corrected chi connectivity index (χ2v) is 11.5. The van der Waals surface area contributed by atoms with E-state index in [1.807, 2.05) is 41.1 Å². The number of carbonyl (C=O) groups excluding carboxylic acids is 2. The minimum absolute atomic E-state index is 0.138. The van der Waals surface area contributed by atoms with Gasteiger partial charge in [0.1, 0.15) is 10.7 Å². The molecule has 2 aliphatic rings. The number of thiophene rings is 1. The summed E-state index contributed by atoms with van der Waals surface area (Å²) in [5.41, 5.74) is 1.86. The van der Waals surface area contributed by atoms with Gasteiger partial charge in [0.05, 0.1) is 35.4 Å². The summed E-state index contributed by atoms with van der Waals surface area (Å²) in [5, 5.41) is 7.85. The Morgan fingerprint density at radius 3 is 2.59 bits per heavy atom. The lowest BCUT2D eigenvalue weighted by Gasteiger charge is -2.39.